The Kier molecular flexibility index (Phi) is 3.79. The number of hydrogen-bond acceptors (Lipinski definition) is 2. The fraction of sp³-hybridized carbons (Fsp3) is 0.769. The van der Waals surface area contributed by atoms with Gasteiger partial charge in [0.2, 0.25) is 5.91 Å². The molecule has 16 heavy (non-hydrogen) atoms. The average molecular weight is 225 g/mol. The SMILES string of the molecule is CC(C)(O)C(C)(C)NC(=O)C1CC=CCC1. The summed E-state index contributed by atoms with van der Waals surface area (Å²) in [5, 5.41) is 12.9. The summed E-state index contributed by atoms with van der Waals surface area (Å²) in [6.45, 7) is 7.13. The lowest BCUT2D eigenvalue weighted by Gasteiger charge is -2.39. The van der Waals surface area contributed by atoms with Crippen LogP contribution in [-0.4, -0.2) is 22.2 Å². The molecule has 92 valence electrons. The average Bonchev–Trinajstić information content (AvgIpc) is 2.16. The van der Waals surface area contributed by atoms with Crippen molar-refractivity contribution in [2.24, 2.45) is 5.92 Å². The number of allylic oxidation sites excluding steroid dienone is 2. The Bertz CT molecular complexity index is 287. The highest BCUT2D eigenvalue weighted by Gasteiger charge is 2.37. The van der Waals surface area contributed by atoms with Gasteiger partial charge in [0, 0.05) is 5.92 Å². The smallest absolute Gasteiger partial charge is 0.223 e. The Labute approximate surface area is 97.9 Å². The molecule has 0 fully saturated rings. The number of carbonyl (C=O) groups is 1. The van der Waals surface area contributed by atoms with E-state index in [1.807, 2.05) is 13.8 Å². The third-order valence-corrected chi connectivity index (χ3v) is 3.61. The molecule has 0 aliphatic heterocycles. The molecule has 1 unspecified atom stereocenters. The van der Waals surface area contributed by atoms with Crippen molar-refractivity contribution in [2.45, 2.75) is 58.1 Å². The molecule has 0 radical (unpaired) electrons. The molecule has 0 saturated heterocycles. The molecule has 0 aromatic rings. The van der Waals surface area contributed by atoms with Crippen LogP contribution in [0.3, 0.4) is 0 Å². The van der Waals surface area contributed by atoms with E-state index in [1.165, 1.54) is 0 Å². The van der Waals surface area contributed by atoms with E-state index >= 15 is 0 Å². The zero-order valence-corrected chi connectivity index (χ0v) is 10.7. The molecule has 0 spiro atoms. The monoisotopic (exact) mass is 225 g/mol. The van der Waals surface area contributed by atoms with Gasteiger partial charge in [-0.15, -0.1) is 0 Å². The van der Waals surface area contributed by atoms with Crippen molar-refractivity contribution in [1.29, 1.82) is 0 Å². The molecule has 1 atom stereocenters. The van der Waals surface area contributed by atoms with Gasteiger partial charge < -0.3 is 10.4 Å². The van der Waals surface area contributed by atoms with Crippen LogP contribution >= 0.6 is 0 Å². The molecule has 0 saturated carbocycles. The third kappa shape index (κ3) is 3.08. The molecule has 0 aromatic heterocycles. The first-order valence-corrected chi connectivity index (χ1v) is 5.93. The van der Waals surface area contributed by atoms with Gasteiger partial charge in [0.25, 0.3) is 0 Å². The first-order valence-electron chi connectivity index (χ1n) is 5.93. The van der Waals surface area contributed by atoms with Crippen LogP contribution in [-0.2, 0) is 4.79 Å². The number of aliphatic hydroxyl groups is 1. The van der Waals surface area contributed by atoms with E-state index in [4.69, 9.17) is 0 Å². The third-order valence-electron chi connectivity index (χ3n) is 3.61. The van der Waals surface area contributed by atoms with Crippen LogP contribution in [0.4, 0.5) is 0 Å². The molecule has 1 amide bonds. The second-order valence-electron chi connectivity index (χ2n) is 5.65. The van der Waals surface area contributed by atoms with Crippen LogP contribution in [0.1, 0.15) is 47.0 Å². The van der Waals surface area contributed by atoms with Gasteiger partial charge in [-0.05, 0) is 47.0 Å². The number of amides is 1. The van der Waals surface area contributed by atoms with E-state index in [0.29, 0.717) is 0 Å². The summed E-state index contributed by atoms with van der Waals surface area (Å²) < 4.78 is 0. The highest BCUT2D eigenvalue weighted by Crippen LogP contribution is 2.24. The minimum atomic E-state index is -0.923. The number of carbonyl (C=O) groups excluding carboxylic acids is 1. The van der Waals surface area contributed by atoms with Gasteiger partial charge in [0.1, 0.15) is 0 Å². The topological polar surface area (TPSA) is 49.3 Å². The highest BCUT2D eigenvalue weighted by molar-refractivity contribution is 5.79. The molecule has 1 rings (SSSR count). The van der Waals surface area contributed by atoms with E-state index in [-0.39, 0.29) is 11.8 Å². The van der Waals surface area contributed by atoms with Crippen LogP contribution in [0.5, 0.6) is 0 Å². The molecule has 3 heteroatoms. The van der Waals surface area contributed by atoms with Crippen LogP contribution in [0.25, 0.3) is 0 Å². The Hall–Kier alpha value is -0.830. The van der Waals surface area contributed by atoms with Crippen molar-refractivity contribution in [3.05, 3.63) is 12.2 Å². The normalized spacial score (nSPS) is 21.9. The van der Waals surface area contributed by atoms with Crippen LogP contribution in [0.15, 0.2) is 12.2 Å². The van der Waals surface area contributed by atoms with Crippen molar-refractivity contribution in [2.75, 3.05) is 0 Å². The lowest BCUT2D eigenvalue weighted by atomic mass is 9.84. The number of rotatable bonds is 3. The fourth-order valence-corrected chi connectivity index (χ4v) is 1.59. The summed E-state index contributed by atoms with van der Waals surface area (Å²) in [4.78, 5) is 12.0. The van der Waals surface area contributed by atoms with E-state index < -0.39 is 11.1 Å². The first-order chi connectivity index (χ1) is 7.24. The maximum absolute atomic E-state index is 12.0. The second kappa shape index (κ2) is 4.58. The first kappa shape index (κ1) is 13.2. The van der Waals surface area contributed by atoms with Crippen molar-refractivity contribution in [3.8, 4) is 0 Å². The Morgan fingerprint density at radius 2 is 1.94 bits per heavy atom. The molecular weight excluding hydrogens is 202 g/mol. The highest BCUT2D eigenvalue weighted by atomic mass is 16.3. The molecular formula is C13H23NO2. The van der Waals surface area contributed by atoms with Crippen molar-refractivity contribution in [3.63, 3.8) is 0 Å². The minimum absolute atomic E-state index is 0.0523. The molecule has 3 nitrogen and oxygen atoms in total. The van der Waals surface area contributed by atoms with Gasteiger partial charge in [-0.2, -0.15) is 0 Å². The predicted molar refractivity (Wildman–Crippen MR) is 65.0 cm³/mol. The largest absolute Gasteiger partial charge is 0.388 e. The molecule has 1 aliphatic rings. The maximum atomic E-state index is 12.0. The van der Waals surface area contributed by atoms with Gasteiger partial charge in [0.05, 0.1) is 11.1 Å². The summed E-state index contributed by atoms with van der Waals surface area (Å²) in [5.41, 5.74) is -1.53. The number of nitrogens with one attached hydrogen (secondary N) is 1. The zero-order valence-electron chi connectivity index (χ0n) is 10.7. The minimum Gasteiger partial charge on any atom is -0.388 e. The standard InChI is InChI=1S/C13H23NO2/c1-12(2,13(3,4)16)14-11(15)10-8-6-5-7-9-10/h5-6,10,16H,7-9H2,1-4H3,(H,14,15). The fourth-order valence-electron chi connectivity index (χ4n) is 1.59. The lowest BCUT2D eigenvalue weighted by molar-refractivity contribution is -0.130. The van der Waals surface area contributed by atoms with Crippen LogP contribution < -0.4 is 5.32 Å². The van der Waals surface area contributed by atoms with E-state index in [2.05, 4.69) is 17.5 Å². The Morgan fingerprint density at radius 3 is 2.38 bits per heavy atom. The van der Waals surface area contributed by atoms with Crippen LogP contribution in [0, 0.1) is 5.92 Å². The van der Waals surface area contributed by atoms with Gasteiger partial charge in [-0.1, -0.05) is 12.2 Å². The van der Waals surface area contributed by atoms with Gasteiger partial charge >= 0.3 is 0 Å². The predicted octanol–water partition coefficient (Wildman–Crippen LogP) is 2.01. The maximum Gasteiger partial charge on any atom is 0.223 e. The molecule has 0 aromatic carbocycles. The van der Waals surface area contributed by atoms with Crippen molar-refractivity contribution >= 4 is 5.91 Å². The Balaban J connectivity index is 2.60. The van der Waals surface area contributed by atoms with E-state index in [1.54, 1.807) is 13.8 Å². The molecule has 0 heterocycles. The van der Waals surface area contributed by atoms with E-state index in [0.717, 1.165) is 19.3 Å². The molecule has 1 aliphatic carbocycles. The van der Waals surface area contributed by atoms with Gasteiger partial charge in [0.15, 0.2) is 0 Å². The summed E-state index contributed by atoms with van der Waals surface area (Å²) in [5.74, 6) is 0.114. The van der Waals surface area contributed by atoms with Crippen molar-refractivity contribution in [1.82, 2.24) is 5.32 Å². The summed E-state index contributed by atoms with van der Waals surface area (Å²) in [6.07, 6.45) is 6.87. The summed E-state index contributed by atoms with van der Waals surface area (Å²) >= 11 is 0. The lowest BCUT2D eigenvalue weighted by Crippen LogP contribution is -2.58. The molecule has 2 N–H and O–H groups in total. The summed E-state index contributed by atoms with van der Waals surface area (Å²) in [7, 11) is 0. The quantitative estimate of drug-likeness (QED) is 0.722. The Morgan fingerprint density at radius 1 is 1.31 bits per heavy atom. The van der Waals surface area contributed by atoms with Gasteiger partial charge in [-0.3, -0.25) is 4.79 Å². The van der Waals surface area contributed by atoms with E-state index in [9.17, 15) is 9.90 Å². The molecule has 0 bridgehead atoms. The van der Waals surface area contributed by atoms with Crippen LogP contribution in [0.2, 0.25) is 0 Å². The van der Waals surface area contributed by atoms with Gasteiger partial charge in [-0.25, -0.2) is 0 Å². The number of hydrogen-bond donors (Lipinski definition) is 2. The zero-order chi connectivity index (χ0) is 12.4. The van der Waals surface area contributed by atoms with Crippen molar-refractivity contribution < 1.29 is 9.90 Å². The summed E-state index contributed by atoms with van der Waals surface area (Å²) in [6, 6.07) is 0. The second-order valence-corrected chi connectivity index (χ2v) is 5.65.